The molecule has 0 saturated carbocycles. The molecular formula is C45H48N6O5. The van der Waals surface area contributed by atoms with Crippen LogP contribution in [0.2, 0.25) is 0 Å². The summed E-state index contributed by atoms with van der Waals surface area (Å²) in [4.78, 5) is 62.1. The van der Waals surface area contributed by atoms with Crippen LogP contribution in [0.25, 0.3) is 10.9 Å². The molecule has 2 aliphatic heterocycles. The minimum absolute atomic E-state index is 0.00306. The van der Waals surface area contributed by atoms with Gasteiger partial charge in [0.1, 0.15) is 18.0 Å². The Morgan fingerprint density at radius 1 is 0.893 bits per heavy atom. The Labute approximate surface area is 327 Å². The normalized spacial score (nSPS) is 17.3. The fourth-order valence-corrected chi connectivity index (χ4v) is 8.07. The maximum atomic E-state index is 14.7. The zero-order chi connectivity index (χ0) is 39.5. The monoisotopic (exact) mass is 752 g/mol. The Morgan fingerprint density at radius 2 is 1.61 bits per heavy atom. The molecule has 3 amide bonds. The van der Waals surface area contributed by atoms with Gasteiger partial charge in [-0.2, -0.15) is 0 Å². The number of fused-ring (bicyclic) bond motifs is 2. The van der Waals surface area contributed by atoms with Gasteiger partial charge in [0.05, 0.1) is 18.6 Å². The van der Waals surface area contributed by atoms with Gasteiger partial charge in [-0.1, -0.05) is 78.9 Å². The third kappa shape index (κ3) is 7.81. The number of anilines is 1. The highest BCUT2D eigenvalue weighted by molar-refractivity contribution is 6.09. The number of Topliss-reactive ketones (excluding diaryl/α,β-unsaturated/α-hetero) is 1. The van der Waals surface area contributed by atoms with Crippen LogP contribution < -0.4 is 4.90 Å². The Morgan fingerprint density at radius 3 is 2.30 bits per heavy atom. The van der Waals surface area contributed by atoms with Crippen LogP contribution in [0.3, 0.4) is 0 Å². The first-order valence-corrected chi connectivity index (χ1v) is 19.0. The summed E-state index contributed by atoms with van der Waals surface area (Å²) in [6.07, 6.45) is 3.96. The molecule has 0 radical (unpaired) electrons. The standard InChI is InChI=1S/C45H48N6O5/c1-5-24-49-30-43(55)50-39(25-32-16-21-36(52)22-17-32)45(56)48(29-41(50)51(49)42(54)23-18-31-10-7-6-8-11-31)27-34-12-9-13-37-38(28-47(4)44(34)37)40(53)26-33-14-19-35(20-15-33)46(2)3/h5-17,19-22,28,39,41,52H,1,18,23-27,29-30H2,2-4H3/t39-,41?/m0/s1. The molecule has 2 atom stereocenters. The van der Waals surface area contributed by atoms with E-state index in [0.717, 1.165) is 38.8 Å². The number of carbonyl (C=O) groups is 4. The molecule has 288 valence electrons. The van der Waals surface area contributed by atoms with E-state index in [-0.39, 0.29) is 74.7 Å². The van der Waals surface area contributed by atoms with Crippen LogP contribution in [0.5, 0.6) is 5.75 Å². The summed E-state index contributed by atoms with van der Waals surface area (Å²) in [5.74, 6) is -0.537. The fraction of sp³-hybridized carbons (Fsp3) is 0.289. The number of para-hydroxylation sites is 1. The van der Waals surface area contributed by atoms with E-state index in [1.54, 1.807) is 50.2 Å². The van der Waals surface area contributed by atoms with Gasteiger partial charge in [0.2, 0.25) is 17.7 Å². The first-order chi connectivity index (χ1) is 27.0. The smallest absolute Gasteiger partial charge is 0.246 e. The van der Waals surface area contributed by atoms with Crippen LogP contribution in [0.1, 0.15) is 39.0 Å². The minimum Gasteiger partial charge on any atom is -0.508 e. The number of aryl methyl sites for hydroxylation is 2. The summed E-state index contributed by atoms with van der Waals surface area (Å²) < 4.78 is 1.94. The number of aromatic hydroxyl groups is 1. The van der Waals surface area contributed by atoms with Crippen LogP contribution in [0.15, 0.2) is 116 Å². The van der Waals surface area contributed by atoms with Gasteiger partial charge < -0.3 is 24.4 Å². The largest absolute Gasteiger partial charge is 0.508 e. The zero-order valence-electron chi connectivity index (χ0n) is 32.2. The van der Waals surface area contributed by atoms with Gasteiger partial charge in [0, 0.05) is 76.3 Å². The molecule has 1 N–H and O–H groups in total. The number of phenols is 1. The van der Waals surface area contributed by atoms with Crippen LogP contribution in [0, 0.1) is 0 Å². The summed E-state index contributed by atoms with van der Waals surface area (Å²) in [6, 6.07) is 29.3. The van der Waals surface area contributed by atoms with Crippen LogP contribution in [-0.4, -0.2) is 98.9 Å². The van der Waals surface area contributed by atoms with Gasteiger partial charge >= 0.3 is 0 Å². The first-order valence-electron chi connectivity index (χ1n) is 19.0. The van der Waals surface area contributed by atoms with Crippen molar-refractivity contribution < 1.29 is 24.3 Å². The molecule has 5 aromatic rings. The number of hydrogen-bond acceptors (Lipinski definition) is 7. The summed E-state index contributed by atoms with van der Waals surface area (Å²) >= 11 is 0. The molecule has 1 unspecified atom stereocenters. The molecular weight excluding hydrogens is 705 g/mol. The Kier molecular flexibility index (Phi) is 11.1. The van der Waals surface area contributed by atoms with Crippen molar-refractivity contribution in [3.8, 4) is 5.75 Å². The SMILES string of the molecule is C=CCN1CC(=O)N2C(CN(Cc3cccc4c(C(=O)Cc5ccc(N(C)C)cc5)cn(C)c34)C(=O)[C@@H]2Cc2ccc(O)cc2)N1C(=O)CCc1ccccc1. The second-order valence-corrected chi connectivity index (χ2v) is 14.9. The van der Waals surface area contributed by atoms with E-state index in [1.807, 2.05) is 110 Å². The summed E-state index contributed by atoms with van der Waals surface area (Å²) in [5.41, 5.74) is 6.08. The van der Waals surface area contributed by atoms with Crippen molar-refractivity contribution in [3.63, 3.8) is 0 Å². The lowest BCUT2D eigenvalue weighted by molar-refractivity contribution is -0.205. The highest BCUT2D eigenvalue weighted by atomic mass is 16.3. The average Bonchev–Trinajstić information content (AvgIpc) is 3.54. The number of aromatic nitrogens is 1. The molecule has 7 rings (SSSR count). The van der Waals surface area contributed by atoms with Gasteiger partial charge in [0.15, 0.2) is 5.78 Å². The van der Waals surface area contributed by atoms with E-state index in [9.17, 15) is 24.3 Å². The predicted octanol–water partition coefficient (Wildman–Crippen LogP) is 5.36. The lowest BCUT2D eigenvalue weighted by atomic mass is 9.97. The highest BCUT2D eigenvalue weighted by Gasteiger charge is 2.51. The number of phenolic OH excluding ortho intramolecular Hbond substituents is 1. The Balaban J connectivity index is 1.22. The van der Waals surface area contributed by atoms with Crippen LogP contribution in [-0.2, 0) is 47.2 Å². The van der Waals surface area contributed by atoms with E-state index in [1.165, 1.54) is 0 Å². The lowest BCUT2D eigenvalue weighted by Gasteiger charge is -2.55. The predicted molar refractivity (Wildman–Crippen MR) is 217 cm³/mol. The summed E-state index contributed by atoms with van der Waals surface area (Å²) in [6.45, 7) is 4.40. The molecule has 0 bridgehead atoms. The molecule has 3 heterocycles. The average molecular weight is 753 g/mol. The van der Waals surface area contributed by atoms with Crippen molar-refractivity contribution in [2.75, 3.05) is 38.6 Å². The van der Waals surface area contributed by atoms with E-state index in [2.05, 4.69) is 6.58 Å². The third-order valence-electron chi connectivity index (χ3n) is 10.8. The molecule has 11 heteroatoms. The van der Waals surface area contributed by atoms with E-state index < -0.39 is 12.2 Å². The van der Waals surface area contributed by atoms with Crippen LogP contribution in [0.4, 0.5) is 5.69 Å². The summed E-state index contributed by atoms with van der Waals surface area (Å²) in [7, 11) is 5.86. The Bertz CT molecular complexity index is 2250. The number of hydrogen-bond donors (Lipinski definition) is 1. The third-order valence-corrected chi connectivity index (χ3v) is 10.8. The molecule has 0 aliphatic carbocycles. The second-order valence-electron chi connectivity index (χ2n) is 14.9. The number of carbonyl (C=O) groups excluding carboxylic acids is 4. The highest BCUT2D eigenvalue weighted by Crippen LogP contribution is 2.32. The van der Waals surface area contributed by atoms with Gasteiger partial charge in [-0.15, -0.1) is 6.58 Å². The molecule has 2 fully saturated rings. The second kappa shape index (κ2) is 16.3. The molecule has 56 heavy (non-hydrogen) atoms. The number of rotatable bonds is 13. The quantitative estimate of drug-likeness (QED) is 0.128. The summed E-state index contributed by atoms with van der Waals surface area (Å²) in [5, 5.41) is 14.2. The van der Waals surface area contributed by atoms with Crippen molar-refractivity contribution in [3.05, 3.63) is 144 Å². The number of piperazine rings is 1. The molecule has 2 aliphatic rings. The van der Waals surface area contributed by atoms with Gasteiger partial charge in [0.25, 0.3) is 0 Å². The minimum atomic E-state index is -0.898. The maximum Gasteiger partial charge on any atom is 0.246 e. The van der Waals surface area contributed by atoms with E-state index in [4.69, 9.17) is 0 Å². The number of nitrogens with zero attached hydrogens (tertiary/aromatic N) is 6. The number of hydrazine groups is 1. The fourth-order valence-electron chi connectivity index (χ4n) is 8.07. The van der Waals surface area contributed by atoms with Gasteiger partial charge in [-0.25, -0.2) is 10.0 Å². The van der Waals surface area contributed by atoms with Crippen molar-refractivity contribution in [1.82, 2.24) is 24.4 Å². The van der Waals surface area contributed by atoms with Crippen molar-refractivity contribution in [2.24, 2.45) is 7.05 Å². The first kappa shape index (κ1) is 38.1. The van der Waals surface area contributed by atoms with E-state index >= 15 is 0 Å². The maximum absolute atomic E-state index is 14.7. The molecule has 11 nitrogen and oxygen atoms in total. The lowest BCUT2D eigenvalue weighted by Crippen LogP contribution is -2.75. The Hall–Kier alpha value is -6.20. The molecule has 0 spiro atoms. The van der Waals surface area contributed by atoms with Crippen molar-refractivity contribution in [2.45, 2.75) is 44.4 Å². The van der Waals surface area contributed by atoms with Crippen molar-refractivity contribution >= 4 is 40.1 Å². The zero-order valence-corrected chi connectivity index (χ0v) is 32.2. The number of benzene rings is 4. The van der Waals surface area contributed by atoms with Crippen molar-refractivity contribution in [1.29, 1.82) is 0 Å². The van der Waals surface area contributed by atoms with Crippen LogP contribution >= 0.6 is 0 Å². The number of amides is 3. The number of ketones is 1. The van der Waals surface area contributed by atoms with Gasteiger partial charge in [-0.05, 0) is 52.9 Å². The topological polar surface area (TPSA) is 110 Å². The molecule has 1 aromatic heterocycles. The van der Waals surface area contributed by atoms with Gasteiger partial charge in [-0.3, -0.25) is 19.2 Å². The van der Waals surface area contributed by atoms with E-state index in [0.29, 0.717) is 12.0 Å². The molecule has 4 aromatic carbocycles. The molecule has 2 saturated heterocycles.